The highest BCUT2D eigenvalue weighted by Crippen LogP contribution is 2.16. The second-order valence-corrected chi connectivity index (χ2v) is 5.43. The Morgan fingerprint density at radius 3 is 2.77 bits per heavy atom. The first kappa shape index (κ1) is 14.5. The number of aromatic nitrogens is 3. The van der Waals surface area contributed by atoms with E-state index in [-0.39, 0.29) is 5.91 Å². The van der Waals surface area contributed by atoms with Gasteiger partial charge in [-0.05, 0) is 19.1 Å². The smallest absolute Gasteiger partial charge is 0.274 e. The Hall–Kier alpha value is -2.41. The lowest BCUT2D eigenvalue weighted by atomic mass is 10.2. The monoisotopic (exact) mass is 301 g/mol. The molecule has 2 aromatic rings. The van der Waals surface area contributed by atoms with Crippen molar-refractivity contribution in [3.63, 3.8) is 0 Å². The molecular formula is C15H19N5O2. The van der Waals surface area contributed by atoms with E-state index in [1.165, 1.54) is 6.33 Å². The van der Waals surface area contributed by atoms with E-state index >= 15 is 0 Å². The lowest BCUT2D eigenvalue weighted by molar-refractivity contribution is 0.0668. The van der Waals surface area contributed by atoms with Crippen molar-refractivity contribution in [1.29, 1.82) is 0 Å². The van der Waals surface area contributed by atoms with Gasteiger partial charge in [0.2, 0.25) is 0 Å². The number of nitrogens with zero attached hydrogens (tertiary/aromatic N) is 4. The molecule has 1 atom stereocenters. The minimum absolute atomic E-state index is 0.144. The first-order valence-corrected chi connectivity index (χ1v) is 7.27. The molecule has 3 rings (SSSR count). The van der Waals surface area contributed by atoms with Crippen molar-refractivity contribution >= 4 is 11.6 Å². The zero-order valence-electron chi connectivity index (χ0n) is 12.4. The Labute approximate surface area is 128 Å². The predicted octanol–water partition coefficient (Wildman–Crippen LogP) is 0.436. The molecule has 7 heteroatoms. The van der Waals surface area contributed by atoms with Crippen molar-refractivity contribution < 1.29 is 9.90 Å². The Kier molecular flexibility index (Phi) is 4.06. The van der Waals surface area contributed by atoms with Gasteiger partial charge in [-0.15, -0.1) is 0 Å². The van der Waals surface area contributed by atoms with Crippen LogP contribution in [0.1, 0.15) is 16.2 Å². The Balaban J connectivity index is 1.75. The lowest BCUT2D eigenvalue weighted by Crippen LogP contribution is -2.38. The number of pyridine rings is 1. The van der Waals surface area contributed by atoms with Gasteiger partial charge in [0.1, 0.15) is 5.69 Å². The Morgan fingerprint density at radius 1 is 1.32 bits per heavy atom. The summed E-state index contributed by atoms with van der Waals surface area (Å²) in [5, 5.41) is 10.2. The topological polar surface area (TPSA) is 85.4 Å². The summed E-state index contributed by atoms with van der Waals surface area (Å²) in [6, 6.07) is 3.81. The van der Waals surface area contributed by atoms with Gasteiger partial charge < -0.3 is 19.9 Å². The maximum Gasteiger partial charge on any atom is 0.274 e. The highest BCUT2D eigenvalue weighted by Gasteiger charge is 2.27. The molecule has 0 saturated carbocycles. The van der Waals surface area contributed by atoms with E-state index in [2.05, 4.69) is 19.9 Å². The van der Waals surface area contributed by atoms with E-state index < -0.39 is 6.10 Å². The van der Waals surface area contributed by atoms with Crippen molar-refractivity contribution in [3.05, 3.63) is 42.2 Å². The number of imidazole rings is 1. The third kappa shape index (κ3) is 2.94. The molecule has 2 aromatic heterocycles. The molecule has 22 heavy (non-hydrogen) atoms. The van der Waals surface area contributed by atoms with Crippen LogP contribution in [0.5, 0.6) is 0 Å². The number of amides is 1. The van der Waals surface area contributed by atoms with Gasteiger partial charge in [-0.3, -0.25) is 9.78 Å². The summed E-state index contributed by atoms with van der Waals surface area (Å²) in [4.78, 5) is 27.2. The van der Waals surface area contributed by atoms with Crippen LogP contribution in [-0.4, -0.2) is 63.1 Å². The molecule has 1 aliphatic heterocycles. The highest BCUT2D eigenvalue weighted by molar-refractivity contribution is 5.93. The zero-order valence-corrected chi connectivity index (χ0v) is 12.4. The number of nitrogens with one attached hydrogen (secondary N) is 1. The molecule has 0 aromatic carbocycles. The quantitative estimate of drug-likeness (QED) is 0.840. The van der Waals surface area contributed by atoms with Gasteiger partial charge in [0, 0.05) is 50.0 Å². The standard InChI is InChI=1S/C15H19N5O2/c1-11-14(18-10-17-11)15(22)20-7-6-19(8-13(21)9-20)12-2-4-16-5-3-12/h2-5,10,13,21H,6-9H2,1H3,(H,17,18)/t13-/m1/s1. The SMILES string of the molecule is Cc1[nH]cnc1C(=O)N1CCN(c2ccncc2)C[C@@H](O)C1. The summed E-state index contributed by atoms with van der Waals surface area (Å²) in [6.07, 6.45) is 4.37. The lowest BCUT2D eigenvalue weighted by Gasteiger charge is -2.23. The van der Waals surface area contributed by atoms with Crippen LogP contribution < -0.4 is 4.90 Å². The van der Waals surface area contributed by atoms with Gasteiger partial charge in [-0.1, -0.05) is 0 Å². The van der Waals surface area contributed by atoms with Crippen molar-refractivity contribution in [1.82, 2.24) is 19.9 Å². The molecule has 1 aliphatic rings. The molecule has 7 nitrogen and oxygen atoms in total. The number of carbonyl (C=O) groups is 1. The molecule has 1 amide bonds. The van der Waals surface area contributed by atoms with E-state index in [4.69, 9.17) is 0 Å². The second-order valence-electron chi connectivity index (χ2n) is 5.43. The second kappa shape index (κ2) is 6.15. The summed E-state index contributed by atoms with van der Waals surface area (Å²) >= 11 is 0. The fraction of sp³-hybridized carbons (Fsp3) is 0.400. The maximum atomic E-state index is 12.5. The summed E-state index contributed by atoms with van der Waals surface area (Å²) in [5.74, 6) is -0.144. The number of H-pyrrole nitrogens is 1. The number of anilines is 1. The Bertz CT molecular complexity index is 642. The number of hydrogen-bond acceptors (Lipinski definition) is 5. The first-order chi connectivity index (χ1) is 10.6. The van der Waals surface area contributed by atoms with Gasteiger partial charge in [0.05, 0.1) is 12.4 Å². The normalized spacial score (nSPS) is 19.1. The fourth-order valence-electron chi connectivity index (χ4n) is 2.69. The minimum Gasteiger partial charge on any atom is -0.389 e. The average molecular weight is 301 g/mol. The zero-order chi connectivity index (χ0) is 15.5. The summed E-state index contributed by atoms with van der Waals surface area (Å²) < 4.78 is 0. The molecule has 0 bridgehead atoms. The van der Waals surface area contributed by atoms with Crippen molar-refractivity contribution in [3.8, 4) is 0 Å². The molecule has 0 radical (unpaired) electrons. The molecule has 0 unspecified atom stereocenters. The number of carbonyl (C=O) groups excluding carboxylic acids is 1. The van der Waals surface area contributed by atoms with Crippen LogP contribution in [0.4, 0.5) is 5.69 Å². The number of hydrogen-bond donors (Lipinski definition) is 2. The third-order valence-electron chi connectivity index (χ3n) is 3.85. The summed E-state index contributed by atoms with van der Waals surface area (Å²) in [5.41, 5.74) is 2.17. The first-order valence-electron chi connectivity index (χ1n) is 7.27. The van der Waals surface area contributed by atoms with E-state index in [0.717, 1.165) is 11.4 Å². The van der Waals surface area contributed by atoms with E-state index in [1.807, 2.05) is 19.1 Å². The Morgan fingerprint density at radius 2 is 2.09 bits per heavy atom. The molecule has 1 saturated heterocycles. The molecule has 116 valence electrons. The van der Waals surface area contributed by atoms with Crippen LogP contribution in [0.25, 0.3) is 0 Å². The van der Waals surface area contributed by atoms with Crippen LogP contribution >= 0.6 is 0 Å². The van der Waals surface area contributed by atoms with Crippen LogP contribution in [0.2, 0.25) is 0 Å². The predicted molar refractivity (Wildman–Crippen MR) is 81.7 cm³/mol. The molecular weight excluding hydrogens is 282 g/mol. The number of aromatic amines is 1. The van der Waals surface area contributed by atoms with Crippen LogP contribution in [0.15, 0.2) is 30.9 Å². The molecule has 3 heterocycles. The molecule has 0 spiro atoms. The highest BCUT2D eigenvalue weighted by atomic mass is 16.3. The maximum absolute atomic E-state index is 12.5. The average Bonchev–Trinajstić information content (AvgIpc) is 2.85. The third-order valence-corrected chi connectivity index (χ3v) is 3.85. The fourth-order valence-corrected chi connectivity index (χ4v) is 2.69. The van der Waals surface area contributed by atoms with E-state index in [9.17, 15) is 9.90 Å². The number of rotatable bonds is 2. The van der Waals surface area contributed by atoms with Crippen molar-refractivity contribution in [2.75, 3.05) is 31.1 Å². The number of aliphatic hydroxyl groups is 1. The van der Waals surface area contributed by atoms with Gasteiger partial charge >= 0.3 is 0 Å². The minimum atomic E-state index is -0.598. The molecule has 0 aliphatic carbocycles. The molecule has 1 fully saturated rings. The number of β-amino-alcohol motifs (C(OH)–C–C–N with tert-alkyl or cyclic N) is 1. The van der Waals surface area contributed by atoms with Crippen LogP contribution in [0, 0.1) is 6.92 Å². The van der Waals surface area contributed by atoms with Crippen molar-refractivity contribution in [2.45, 2.75) is 13.0 Å². The van der Waals surface area contributed by atoms with Gasteiger partial charge in [-0.25, -0.2) is 4.98 Å². The summed E-state index contributed by atoms with van der Waals surface area (Å²) in [7, 11) is 0. The number of aryl methyl sites for hydroxylation is 1. The number of aliphatic hydroxyl groups excluding tert-OH is 1. The van der Waals surface area contributed by atoms with Gasteiger partial charge in [0.15, 0.2) is 0 Å². The summed E-state index contributed by atoms with van der Waals surface area (Å²) in [6.45, 7) is 3.83. The van der Waals surface area contributed by atoms with E-state index in [1.54, 1.807) is 17.3 Å². The van der Waals surface area contributed by atoms with Crippen molar-refractivity contribution in [2.24, 2.45) is 0 Å². The van der Waals surface area contributed by atoms with Crippen LogP contribution in [-0.2, 0) is 0 Å². The molecule has 2 N–H and O–H groups in total. The van der Waals surface area contributed by atoms with Crippen LogP contribution in [0.3, 0.4) is 0 Å². The van der Waals surface area contributed by atoms with E-state index in [0.29, 0.717) is 31.9 Å². The largest absolute Gasteiger partial charge is 0.389 e. The van der Waals surface area contributed by atoms with Gasteiger partial charge in [0.25, 0.3) is 5.91 Å². The van der Waals surface area contributed by atoms with Gasteiger partial charge in [-0.2, -0.15) is 0 Å².